The molecule has 0 N–H and O–H groups in total. The standard InChI is InChI=1S/C13H15N3O3S/c1-9-14-15-13(20-9)16(7-11-3-2-5-19-11)12(17)10-4-6-18-8-10/h2-3,5,10H,4,6-8H2,1H3. The van der Waals surface area contributed by atoms with Gasteiger partial charge in [0.1, 0.15) is 10.8 Å². The van der Waals surface area contributed by atoms with E-state index in [1.807, 2.05) is 19.1 Å². The number of rotatable bonds is 4. The van der Waals surface area contributed by atoms with Gasteiger partial charge in [0.05, 0.1) is 25.3 Å². The third-order valence-corrected chi connectivity index (χ3v) is 4.05. The molecule has 7 heteroatoms. The number of ether oxygens (including phenoxy) is 1. The predicted molar refractivity (Wildman–Crippen MR) is 73.5 cm³/mol. The molecule has 1 unspecified atom stereocenters. The van der Waals surface area contributed by atoms with E-state index >= 15 is 0 Å². The fourth-order valence-electron chi connectivity index (χ4n) is 2.14. The molecular weight excluding hydrogens is 278 g/mol. The smallest absolute Gasteiger partial charge is 0.234 e. The summed E-state index contributed by atoms with van der Waals surface area (Å²) < 4.78 is 10.6. The van der Waals surface area contributed by atoms with Crippen molar-refractivity contribution in [3.05, 3.63) is 29.2 Å². The maximum atomic E-state index is 12.6. The number of carbonyl (C=O) groups excluding carboxylic acids is 1. The number of carbonyl (C=O) groups is 1. The van der Waals surface area contributed by atoms with Gasteiger partial charge in [0.25, 0.3) is 0 Å². The van der Waals surface area contributed by atoms with Crippen LogP contribution in [0.2, 0.25) is 0 Å². The number of hydrogen-bond donors (Lipinski definition) is 0. The molecule has 0 radical (unpaired) electrons. The van der Waals surface area contributed by atoms with Gasteiger partial charge in [0.15, 0.2) is 0 Å². The van der Waals surface area contributed by atoms with E-state index in [0.717, 1.165) is 17.2 Å². The predicted octanol–water partition coefficient (Wildman–Crippen LogP) is 2.01. The Morgan fingerprint density at radius 2 is 2.45 bits per heavy atom. The molecule has 1 fully saturated rings. The molecule has 2 aromatic rings. The summed E-state index contributed by atoms with van der Waals surface area (Å²) >= 11 is 1.41. The first-order chi connectivity index (χ1) is 9.74. The molecule has 1 amide bonds. The van der Waals surface area contributed by atoms with Crippen molar-refractivity contribution in [2.45, 2.75) is 19.9 Å². The van der Waals surface area contributed by atoms with Crippen LogP contribution in [0.25, 0.3) is 0 Å². The number of hydrogen-bond acceptors (Lipinski definition) is 6. The van der Waals surface area contributed by atoms with Crippen molar-refractivity contribution in [2.24, 2.45) is 5.92 Å². The van der Waals surface area contributed by atoms with Crippen LogP contribution < -0.4 is 4.90 Å². The van der Waals surface area contributed by atoms with Crippen LogP contribution in [-0.2, 0) is 16.1 Å². The van der Waals surface area contributed by atoms with Gasteiger partial charge in [-0.25, -0.2) is 0 Å². The maximum absolute atomic E-state index is 12.6. The molecule has 3 rings (SSSR count). The quantitative estimate of drug-likeness (QED) is 0.862. The molecule has 0 aliphatic carbocycles. The van der Waals surface area contributed by atoms with Crippen molar-refractivity contribution in [2.75, 3.05) is 18.1 Å². The Morgan fingerprint density at radius 3 is 3.05 bits per heavy atom. The normalized spacial score (nSPS) is 18.4. The summed E-state index contributed by atoms with van der Waals surface area (Å²) in [6.07, 6.45) is 2.35. The summed E-state index contributed by atoms with van der Waals surface area (Å²) in [6, 6.07) is 3.65. The highest BCUT2D eigenvalue weighted by Gasteiger charge is 2.31. The lowest BCUT2D eigenvalue weighted by atomic mass is 10.1. The van der Waals surface area contributed by atoms with Crippen molar-refractivity contribution < 1.29 is 13.9 Å². The number of aryl methyl sites for hydroxylation is 1. The molecule has 1 aliphatic heterocycles. The Balaban J connectivity index is 1.84. The second-order valence-corrected chi connectivity index (χ2v) is 5.83. The van der Waals surface area contributed by atoms with Crippen LogP contribution in [0, 0.1) is 12.8 Å². The SMILES string of the molecule is Cc1nnc(N(Cc2ccco2)C(=O)C2CCOC2)s1. The molecular formula is C13H15N3O3S. The largest absolute Gasteiger partial charge is 0.467 e. The van der Waals surface area contributed by atoms with Crippen LogP contribution >= 0.6 is 11.3 Å². The second kappa shape index (κ2) is 5.72. The van der Waals surface area contributed by atoms with E-state index in [0.29, 0.717) is 24.9 Å². The van der Waals surface area contributed by atoms with Crippen LogP contribution in [0.3, 0.4) is 0 Å². The molecule has 3 heterocycles. The second-order valence-electron chi connectivity index (χ2n) is 4.67. The first-order valence-corrected chi connectivity index (χ1v) is 7.27. The summed E-state index contributed by atoms with van der Waals surface area (Å²) in [4.78, 5) is 14.3. The van der Waals surface area contributed by atoms with E-state index < -0.39 is 0 Å². The third kappa shape index (κ3) is 2.73. The number of nitrogens with zero attached hydrogens (tertiary/aromatic N) is 3. The molecule has 0 spiro atoms. The number of furan rings is 1. The summed E-state index contributed by atoms with van der Waals surface area (Å²) in [5.41, 5.74) is 0. The van der Waals surface area contributed by atoms with Crippen molar-refractivity contribution in [1.29, 1.82) is 0 Å². The summed E-state index contributed by atoms with van der Waals surface area (Å²) in [5.74, 6) is 0.648. The van der Waals surface area contributed by atoms with E-state index in [2.05, 4.69) is 10.2 Å². The average Bonchev–Trinajstić information content (AvgIpc) is 3.17. The Morgan fingerprint density at radius 1 is 1.55 bits per heavy atom. The highest BCUT2D eigenvalue weighted by Crippen LogP contribution is 2.26. The first kappa shape index (κ1) is 13.3. The lowest BCUT2D eigenvalue weighted by molar-refractivity contribution is -0.122. The fourth-order valence-corrected chi connectivity index (χ4v) is 2.84. The lowest BCUT2D eigenvalue weighted by Gasteiger charge is -2.21. The van der Waals surface area contributed by atoms with Gasteiger partial charge < -0.3 is 9.15 Å². The van der Waals surface area contributed by atoms with E-state index in [1.54, 1.807) is 11.2 Å². The monoisotopic (exact) mass is 293 g/mol. The minimum atomic E-state index is -0.103. The molecule has 2 aromatic heterocycles. The zero-order valence-electron chi connectivity index (χ0n) is 11.1. The van der Waals surface area contributed by atoms with Crippen LogP contribution in [0.15, 0.2) is 22.8 Å². The Bertz CT molecular complexity index is 575. The average molecular weight is 293 g/mol. The van der Waals surface area contributed by atoms with Gasteiger partial charge in [0.2, 0.25) is 11.0 Å². The molecule has 1 aliphatic rings. The Labute approximate surface area is 120 Å². The topological polar surface area (TPSA) is 68.5 Å². The number of amides is 1. The van der Waals surface area contributed by atoms with E-state index in [1.165, 1.54) is 11.3 Å². The molecule has 1 atom stereocenters. The van der Waals surface area contributed by atoms with Gasteiger partial charge >= 0.3 is 0 Å². The molecule has 1 saturated heterocycles. The van der Waals surface area contributed by atoms with E-state index in [-0.39, 0.29) is 11.8 Å². The molecule has 0 aromatic carbocycles. The zero-order valence-corrected chi connectivity index (χ0v) is 11.9. The molecule has 106 valence electrons. The highest BCUT2D eigenvalue weighted by atomic mass is 32.1. The third-order valence-electron chi connectivity index (χ3n) is 3.19. The van der Waals surface area contributed by atoms with E-state index in [4.69, 9.17) is 9.15 Å². The van der Waals surface area contributed by atoms with Gasteiger partial charge in [0, 0.05) is 6.61 Å². The zero-order chi connectivity index (χ0) is 13.9. The van der Waals surface area contributed by atoms with Crippen LogP contribution in [0.4, 0.5) is 5.13 Å². The molecule has 20 heavy (non-hydrogen) atoms. The minimum Gasteiger partial charge on any atom is -0.467 e. The van der Waals surface area contributed by atoms with Crippen LogP contribution in [0.5, 0.6) is 0 Å². The Hall–Kier alpha value is -1.73. The summed E-state index contributed by atoms with van der Waals surface area (Å²) in [5, 5.41) is 9.51. The number of anilines is 1. The van der Waals surface area contributed by atoms with Crippen molar-refractivity contribution in [3.63, 3.8) is 0 Å². The highest BCUT2D eigenvalue weighted by molar-refractivity contribution is 7.15. The first-order valence-electron chi connectivity index (χ1n) is 6.45. The molecule has 0 saturated carbocycles. The molecule has 0 bridgehead atoms. The minimum absolute atomic E-state index is 0.0232. The van der Waals surface area contributed by atoms with E-state index in [9.17, 15) is 4.79 Å². The van der Waals surface area contributed by atoms with Gasteiger partial charge in [-0.2, -0.15) is 0 Å². The Kier molecular flexibility index (Phi) is 3.79. The lowest BCUT2D eigenvalue weighted by Crippen LogP contribution is -2.36. The van der Waals surface area contributed by atoms with Gasteiger partial charge in [-0.05, 0) is 25.5 Å². The number of aromatic nitrogens is 2. The van der Waals surface area contributed by atoms with Gasteiger partial charge in [-0.3, -0.25) is 9.69 Å². The van der Waals surface area contributed by atoms with Crippen LogP contribution in [-0.4, -0.2) is 29.3 Å². The van der Waals surface area contributed by atoms with Gasteiger partial charge in [-0.1, -0.05) is 11.3 Å². The van der Waals surface area contributed by atoms with Gasteiger partial charge in [-0.15, -0.1) is 10.2 Å². The van der Waals surface area contributed by atoms with Crippen LogP contribution in [0.1, 0.15) is 17.2 Å². The van der Waals surface area contributed by atoms with Crippen molar-refractivity contribution in [3.8, 4) is 0 Å². The van der Waals surface area contributed by atoms with Crippen molar-refractivity contribution in [1.82, 2.24) is 10.2 Å². The fraction of sp³-hybridized carbons (Fsp3) is 0.462. The molecule has 6 nitrogen and oxygen atoms in total. The summed E-state index contributed by atoms with van der Waals surface area (Å²) in [7, 11) is 0. The maximum Gasteiger partial charge on any atom is 0.234 e. The van der Waals surface area contributed by atoms with Crippen molar-refractivity contribution >= 4 is 22.4 Å². The summed E-state index contributed by atoms with van der Waals surface area (Å²) in [6.45, 7) is 3.36.